The van der Waals surface area contributed by atoms with Crippen LogP contribution in [0.15, 0.2) is 93.7 Å². The van der Waals surface area contributed by atoms with E-state index in [1.807, 2.05) is 30.3 Å². The topological polar surface area (TPSA) is 113 Å². The molecule has 0 saturated carbocycles. The normalized spacial score (nSPS) is 19.8. The van der Waals surface area contributed by atoms with Crippen molar-refractivity contribution in [2.75, 3.05) is 20.3 Å². The van der Waals surface area contributed by atoms with Crippen molar-refractivity contribution < 1.29 is 37.7 Å². The molecule has 9 nitrogen and oxygen atoms in total. The van der Waals surface area contributed by atoms with Crippen molar-refractivity contribution in [2.24, 2.45) is 5.92 Å². The van der Waals surface area contributed by atoms with Crippen LogP contribution < -0.4 is 14.8 Å². The number of ketones is 1. The first-order chi connectivity index (χ1) is 20.9. The second-order valence-electron chi connectivity index (χ2n) is 10.3. The molecule has 0 spiro atoms. The minimum atomic E-state index is -1.08. The number of esters is 2. The van der Waals surface area contributed by atoms with Crippen LogP contribution in [0.1, 0.15) is 56.1 Å². The van der Waals surface area contributed by atoms with Crippen LogP contribution in [0.4, 0.5) is 0 Å². The van der Waals surface area contributed by atoms with Gasteiger partial charge in [-0.05, 0) is 69.2 Å². The third-order valence-corrected chi connectivity index (χ3v) is 7.69. The maximum absolute atomic E-state index is 14.4. The number of allylic oxidation sites excluding steroid dienone is 3. The first kappa shape index (κ1) is 29.7. The lowest BCUT2D eigenvalue weighted by Crippen LogP contribution is -2.43. The highest BCUT2D eigenvalue weighted by atomic mass is 16.5. The van der Waals surface area contributed by atoms with Crippen LogP contribution in [-0.4, -0.2) is 38.0 Å². The van der Waals surface area contributed by atoms with Gasteiger partial charge in [-0.25, -0.2) is 4.79 Å². The average Bonchev–Trinajstić information content (AvgIpc) is 3.49. The number of hydrogen-bond acceptors (Lipinski definition) is 9. The third kappa shape index (κ3) is 6.07. The predicted octanol–water partition coefficient (Wildman–Crippen LogP) is 5.58. The van der Waals surface area contributed by atoms with Gasteiger partial charge in [0.1, 0.15) is 35.5 Å². The molecule has 9 heteroatoms. The quantitative estimate of drug-likeness (QED) is 0.241. The number of benzene rings is 2. The van der Waals surface area contributed by atoms with E-state index in [1.165, 1.54) is 0 Å². The molecule has 2 heterocycles. The summed E-state index contributed by atoms with van der Waals surface area (Å²) in [5.74, 6) is -1.77. The fourth-order valence-corrected chi connectivity index (χ4v) is 5.77. The maximum Gasteiger partial charge on any atom is 0.336 e. The summed E-state index contributed by atoms with van der Waals surface area (Å²) < 4.78 is 28.1. The molecule has 0 bridgehead atoms. The number of rotatable bonds is 10. The number of dihydropyridines is 1. The first-order valence-electron chi connectivity index (χ1n) is 14.3. The van der Waals surface area contributed by atoms with Gasteiger partial charge in [0.15, 0.2) is 5.78 Å². The second-order valence-corrected chi connectivity index (χ2v) is 10.3. The molecule has 0 fully saturated rings. The van der Waals surface area contributed by atoms with Gasteiger partial charge in [0.25, 0.3) is 0 Å². The Kier molecular flexibility index (Phi) is 8.99. The molecule has 1 aliphatic carbocycles. The second kappa shape index (κ2) is 13.0. The molecule has 3 unspecified atom stereocenters. The van der Waals surface area contributed by atoms with Crippen molar-refractivity contribution in [3.8, 4) is 11.5 Å². The van der Waals surface area contributed by atoms with Crippen LogP contribution in [0.2, 0.25) is 0 Å². The number of ether oxygens (including phenoxy) is 4. The minimum absolute atomic E-state index is 0.121. The molecule has 1 N–H and O–H groups in total. The zero-order valence-corrected chi connectivity index (χ0v) is 24.7. The van der Waals surface area contributed by atoms with E-state index in [0.717, 1.165) is 5.56 Å². The largest absolute Gasteiger partial charge is 0.497 e. The van der Waals surface area contributed by atoms with Crippen LogP contribution in [-0.2, 0) is 30.5 Å². The standard InChI is InChI=1S/C34H35NO8/c1-5-40-33(37)28-20(3)35-26-18-25(21-10-8-7-9-11-21)29(34(38)41-6-2)32(36)30(26)31(28)27-17-16-24(43-27)19-42-23-14-12-22(39-4)13-15-23/h7-17,25,29,31,35H,5-6,18-19H2,1-4H3. The predicted molar refractivity (Wildman–Crippen MR) is 157 cm³/mol. The monoisotopic (exact) mass is 585 g/mol. The zero-order valence-electron chi connectivity index (χ0n) is 24.7. The van der Waals surface area contributed by atoms with E-state index >= 15 is 0 Å². The van der Waals surface area contributed by atoms with Gasteiger partial charge in [-0.15, -0.1) is 0 Å². The number of Topliss-reactive ketones (excluding diaryl/α,β-unsaturated/α-hetero) is 1. The summed E-state index contributed by atoms with van der Waals surface area (Å²) in [4.78, 5) is 41.0. The van der Waals surface area contributed by atoms with Gasteiger partial charge in [-0.1, -0.05) is 30.3 Å². The zero-order chi connectivity index (χ0) is 30.5. The average molecular weight is 586 g/mol. The van der Waals surface area contributed by atoms with Gasteiger partial charge >= 0.3 is 11.9 Å². The number of carbonyl (C=O) groups is 3. The molecule has 2 aromatic carbocycles. The van der Waals surface area contributed by atoms with E-state index in [-0.39, 0.29) is 25.4 Å². The first-order valence-corrected chi connectivity index (χ1v) is 14.3. The van der Waals surface area contributed by atoms with Crippen LogP contribution in [0.3, 0.4) is 0 Å². The molecule has 3 atom stereocenters. The number of furan rings is 1. The van der Waals surface area contributed by atoms with E-state index < -0.39 is 35.5 Å². The van der Waals surface area contributed by atoms with Crippen molar-refractivity contribution >= 4 is 17.7 Å². The molecular formula is C34H35NO8. The number of methoxy groups -OCH3 is 1. The van der Waals surface area contributed by atoms with E-state index in [2.05, 4.69) is 5.32 Å². The number of nitrogens with one attached hydrogen (secondary N) is 1. The molecule has 0 saturated heterocycles. The molecule has 1 aromatic heterocycles. The van der Waals surface area contributed by atoms with Crippen molar-refractivity contribution in [2.45, 2.75) is 45.6 Å². The Morgan fingerprint density at radius 3 is 2.30 bits per heavy atom. The molecule has 0 amide bonds. The van der Waals surface area contributed by atoms with Crippen molar-refractivity contribution in [3.05, 3.63) is 106 Å². The number of hydrogen-bond donors (Lipinski definition) is 1. The summed E-state index contributed by atoms with van der Waals surface area (Å²) in [6.45, 7) is 5.62. The van der Waals surface area contributed by atoms with E-state index in [0.29, 0.717) is 46.4 Å². The molecular weight excluding hydrogens is 550 g/mol. The Balaban J connectivity index is 1.54. The molecule has 224 valence electrons. The van der Waals surface area contributed by atoms with Crippen molar-refractivity contribution in [1.82, 2.24) is 5.32 Å². The molecule has 43 heavy (non-hydrogen) atoms. The molecule has 5 rings (SSSR count). The minimum Gasteiger partial charge on any atom is -0.497 e. The van der Waals surface area contributed by atoms with Gasteiger partial charge < -0.3 is 28.7 Å². The lowest BCUT2D eigenvalue weighted by molar-refractivity contribution is -0.152. The fraction of sp³-hybridized carbons (Fsp3) is 0.324. The summed E-state index contributed by atoms with van der Waals surface area (Å²) >= 11 is 0. The Hall–Kier alpha value is -4.79. The summed E-state index contributed by atoms with van der Waals surface area (Å²) in [6.07, 6.45) is 0.368. The number of carbonyl (C=O) groups excluding carboxylic acids is 3. The summed E-state index contributed by atoms with van der Waals surface area (Å²) in [5, 5.41) is 3.30. The van der Waals surface area contributed by atoms with Crippen LogP contribution in [0, 0.1) is 5.92 Å². The van der Waals surface area contributed by atoms with Gasteiger partial charge in [0.2, 0.25) is 0 Å². The van der Waals surface area contributed by atoms with E-state index in [4.69, 9.17) is 23.4 Å². The Labute approximate surface area is 250 Å². The van der Waals surface area contributed by atoms with Gasteiger partial charge in [-0.3, -0.25) is 9.59 Å². The van der Waals surface area contributed by atoms with E-state index in [9.17, 15) is 14.4 Å². The van der Waals surface area contributed by atoms with Crippen molar-refractivity contribution in [1.29, 1.82) is 0 Å². The summed E-state index contributed by atoms with van der Waals surface area (Å²) in [7, 11) is 1.59. The summed E-state index contributed by atoms with van der Waals surface area (Å²) in [5.41, 5.74) is 2.61. The Bertz CT molecular complexity index is 1550. The van der Waals surface area contributed by atoms with Gasteiger partial charge in [0.05, 0.1) is 31.8 Å². The molecule has 3 aromatic rings. The highest BCUT2D eigenvalue weighted by molar-refractivity contribution is 6.13. The van der Waals surface area contributed by atoms with Crippen LogP contribution in [0.5, 0.6) is 11.5 Å². The van der Waals surface area contributed by atoms with Gasteiger partial charge in [0, 0.05) is 22.9 Å². The van der Waals surface area contributed by atoms with Crippen molar-refractivity contribution in [3.63, 3.8) is 0 Å². The third-order valence-electron chi connectivity index (χ3n) is 7.69. The highest BCUT2D eigenvalue weighted by Gasteiger charge is 2.49. The molecule has 1 aliphatic heterocycles. The maximum atomic E-state index is 14.4. The van der Waals surface area contributed by atoms with Crippen LogP contribution in [0.25, 0.3) is 0 Å². The van der Waals surface area contributed by atoms with Gasteiger partial charge in [-0.2, -0.15) is 0 Å². The SMILES string of the molecule is CCOC(=O)C1=C(C)NC2=C(C(=O)C(C(=O)OCC)C(c3ccccc3)C2)C1c1ccc(COc2ccc(OC)cc2)o1. The van der Waals surface area contributed by atoms with Crippen LogP contribution >= 0.6 is 0 Å². The molecule has 2 aliphatic rings. The lowest BCUT2D eigenvalue weighted by Gasteiger charge is -2.38. The Morgan fingerprint density at radius 1 is 0.930 bits per heavy atom. The smallest absolute Gasteiger partial charge is 0.336 e. The highest BCUT2D eigenvalue weighted by Crippen LogP contribution is 2.48. The molecule has 0 radical (unpaired) electrons. The Morgan fingerprint density at radius 2 is 1.63 bits per heavy atom. The van der Waals surface area contributed by atoms with E-state index in [1.54, 1.807) is 64.3 Å². The summed E-state index contributed by atoms with van der Waals surface area (Å²) in [6, 6.07) is 20.1. The fourth-order valence-electron chi connectivity index (χ4n) is 5.77. The lowest BCUT2D eigenvalue weighted by atomic mass is 9.68.